The van der Waals surface area contributed by atoms with Crippen molar-refractivity contribution in [3.8, 4) is 11.9 Å². The monoisotopic (exact) mass is 433 g/mol. The standard InChI is InChI=1S/C28H23N3O2/c1-3-30-27(32)25(20(2)26(19-29)28(30)33)18-21-14-16-24(17-15-21)31(22-10-6-4-7-11-22)23-12-8-5-9-13-23/h4-18,33H,2-3H2,1H3/b25-18-. The van der Waals surface area contributed by atoms with Gasteiger partial charge in [-0.3, -0.25) is 9.36 Å². The number of hydrogen-bond acceptors (Lipinski definition) is 4. The number of aromatic nitrogens is 1. The normalized spacial score (nSPS) is 11.2. The second-order valence-corrected chi connectivity index (χ2v) is 7.49. The second-order valence-electron chi connectivity index (χ2n) is 7.49. The van der Waals surface area contributed by atoms with Crippen LogP contribution in [-0.2, 0) is 6.54 Å². The molecule has 5 heteroatoms. The Kier molecular flexibility index (Phi) is 6.10. The number of nitrogens with zero attached hydrogens (tertiary/aromatic N) is 3. The number of rotatable bonds is 5. The predicted molar refractivity (Wildman–Crippen MR) is 132 cm³/mol. The Hall–Kier alpha value is -4.56. The fraction of sp³-hybridized carbons (Fsp3) is 0.0714. The highest BCUT2D eigenvalue weighted by Gasteiger charge is 2.13. The second kappa shape index (κ2) is 9.29. The smallest absolute Gasteiger partial charge is 0.261 e. The molecule has 33 heavy (non-hydrogen) atoms. The molecule has 0 amide bonds. The van der Waals surface area contributed by atoms with Crippen LogP contribution in [0.1, 0.15) is 18.1 Å². The molecule has 4 rings (SSSR count). The molecule has 0 bridgehead atoms. The van der Waals surface area contributed by atoms with Crippen molar-refractivity contribution < 1.29 is 5.11 Å². The van der Waals surface area contributed by atoms with Gasteiger partial charge in [-0.1, -0.05) is 55.1 Å². The highest BCUT2D eigenvalue weighted by atomic mass is 16.3. The molecule has 0 unspecified atom stereocenters. The van der Waals surface area contributed by atoms with Crippen LogP contribution < -0.4 is 20.9 Å². The molecule has 0 saturated carbocycles. The lowest BCUT2D eigenvalue weighted by atomic mass is 10.1. The molecule has 1 N–H and O–H groups in total. The van der Waals surface area contributed by atoms with Crippen molar-refractivity contribution in [3.05, 3.63) is 117 Å². The summed E-state index contributed by atoms with van der Waals surface area (Å²) in [6.07, 6.45) is 1.70. The zero-order valence-electron chi connectivity index (χ0n) is 18.3. The van der Waals surface area contributed by atoms with Crippen LogP contribution in [0.4, 0.5) is 17.1 Å². The number of nitriles is 1. The molecule has 0 aliphatic carbocycles. The van der Waals surface area contributed by atoms with Crippen molar-refractivity contribution in [1.29, 1.82) is 5.26 Å². The molecule has 0 spiro atoms. The lowest BCUT2D eigenvalue weighted by Crippen LogP contribution is -2.45. The first kappa shape index (κ1) is 21.7. The maximum Gasteiger partial charge on any atom is 0.261 e. The molecular weight excluding hydrogens is 410 g/mol. The summed E-state index contributed by atoms with van der Waals surface area (Å²) in [5, 5.41) is 20.2. The SMILES string of the molecule is C=c1c(C#N)c(O)n(CC)c(=O)/c1=C\c1ccc(N(c2ccccc2)c2ccccc2)cc1. The largest absolute Gasteiger partial charge is 0.493 e. The summed E-state index contributed by atoms with van der Waals surface area (Å²) >= 11 is 0. The number of hydrogen-bond donors (Lipinski definition) is 1. The Bertz CT molecular complexity index is 1440. The average molecular weight is 434 g/mol. The van der Waals surface area contributed by atoms with E-state index in [1.165, 1.54) is 4.57 Å². The van der Waals surface area contributed by atoms with E-state index in [0.29, 0.717) is 5.22 Å². The van der Waals surface area contributed by atoms with Gasteiger partial charge < -0.3 is 10.0 Å². The molecule has 0 saturated heterocycles. The van der Waals surface area contributed by atoms with Gasteiger partial charge in [-0.15, -0.1) is 0 Å². The first-order valence-corrected chi connectivity index (χ1v) is 10.6. The van der Waals surface area contributed by atoms with Gasteiger partial charge in [-0.25, -0.2) is 0 Å². The van der Waals surface area contributed by atoms with E-state index in [2.05, 4.69) is 35.7 Å². The molecule has 162 valence electrons. The minimum Gasteiger partial charge on any atom is -0.493 e. The van der Waals surface area contributed by atoms with E-state index in [1.54, 1.807) is 13.0 Å². The summed E-state index contributed by atoms with van der Waals surface area (Å²) in [6.45, 7) is 5.87. The minimum absolute atomic E-state index is 0.0126. The third kappa shape index (κ3) is 4.15. The van der Waals surface area contributed by atoms with Crippen LogP contribution >= 0.6 is 0 Å². The van der Waals surface area contributed by atoms with E-state index in [1.807, 2.05) is 66.7 Å². The molecule has 1 aromatic heterocycles. The van der Waals surface area contributed by atoms with Gasteiger partial charge in [0.25, 0.3) is 5.56 Å². The molecular formula is C28H23N3O2. The summed E-state index contributed by atoms with van der Waals surface area (Å²) in [5.41, 5.74) is 3.46. The highest BCUT2D eigenvalue weighted by Crippen LogP contribution is 2.34. The molecule has 5 nitrogen and oxygen atoms in total. The Morgan fingerprint density at radius 2 is 1.45 bits per heavy atom. The van der Waals surface area contributed by atoms with E-state index in [-0.39, 0.29) is 28.8 Å². The van der Waals surface area contributed by atoms with Gasteiger partial charge in [0.2, 0.25) is 5.88 Å². The van der Waals surface area contributed by atoms with E-state index < -0.39 is 0 Å². The molecule has 3 aromatic carbocycles. The van der Waals surface area contributed by atoms with Crippen LogP contribution in [-0.4, -0.2) is 9.67 Å². The zero-order valence-corrected chi connectivity index (χ0v) is 18.3. The lowest BCUT2D eigenvalue weighted by molar-refractivity contribution is 0.408. The van der Waals surface area contributed by atoms with Gasteiger partial charge in [0.05, 0.1) is 0 Å². The molecule has 1 heterocycles. The van der Waals surface area contributed by atoms with Crippen molar-refractivity contribution >= 4 is 29.7 Å². The summed E-state index contributed by atoms with van der Waals surface area (Å²) in [6, 6.07) is 29.9. The number of aromatic hydroxyl groups is 1. The van der Waals surface area contributed by atoms with Gasteiger partial charge in [0, 0.05) is 34.0 Å². The molecule has 0 atom stereocenters. The fourth-order valence-electron chi connectivity index (χ4n) is 3.82. The quantitative estimate of drug-likeness (QED) is 0.513. The van der Waals surface area contributed by atoms with Gasteiger partial charge in [0.1, 0.15) is 11.6 Å². The number of pyridine rings is 1. The predicted octanol–water partition coefficient (Wildman–Crippen LogP) is 4.15. The van der Waals surface area contributed by atoms with Crippen molar-refractivity contribution in [2.45, 2.75) is 13.5 Å². The van der Waals surface area contributed by atoms with Crippen molar-refractivity contribution in [1.82, 2.24) is 4.57 Å². The molecule has 0 aliphatic heterocycles. The topological polar surface area (TPSA) is 69.3 Å². The Labute approximate surface area is 192 Å². The van der Waals surface area contributed by atoms with E-state index >= 15 is 0 Å². The van der Waals surface area contributed by atoms with E-state index in [9.17, 15) is 15.2 Å². The van der Waals surface area contributed by atoms with Crippen LogP contribution in [0, 0.1) is 11.3 Å². The highest BCUT2D eigenvalue weighted by molar-refractivity contribution is 5.76. The van der Waals surface area contributed by atoms with Gasteiger partial charge >= 0.3 is 0 Å². The summed E-state index contributed by atoms with van der Waals surface area (Å²) < 4.78 is 1.18. The van der Waals surface area contributed by atoms with Crippen LogP contribution in [0.3, 0.4) is 0 Å². The van der Waals surface area contributed by atoms with E-state index in [0.717, 1.165) is 22.6 Å². The Morgan fingerprint density at radius 3 is 1.94 bits per heavy atom. The van der Waals surface area contributed by atoms with Crippen molar-refractivity contribution in [2.24, 2.45) is 0 Å². The molecule has 0 aliphatic rings. The van der Waals surface area contributed by atoms with Crippen LogP contribution in [0.5, 0.6) is 5.88 Å². The van der Waals surface area contributed by atoms with Gasteiger partial charge in [-0.2, -0.15) is 5.26 Å². The van der Waals surface area contributed by atoms with Crippen LogP contribution in [0.25, 0.3) is 12.7 Å². The molecule has 0 fully saturated rings. The summed E-state index contributed by atoms with van der Waals surface area (Å²) in [4.78, 5) is 15.0. The molecule has 0 radical (unpaired) electrons. The Balaban J connectivity index is 1.83. The maximum atomic E-state index is 12.9. The zero-order chi connectivity index (χ0) is 23.4. The molecule has 4 aromatic rings. The number of benzene rings is 3. The first-order chi connectivity index (χ1) is 16.0. The first-order valence-electron chi connectivity index (χ1n) is 10.6. The summed E-state index contributed by atoms with van der Waals surface area (Å²) in [5.74, 6) is -0.344. The van der Waals surface area contributed by atoms with Gasteiger partial charge in [0.15, 0.2) is 0 Å². The van der Waals surface area contributed by atoms with E-state index in [4.69, 9.17) is 0 Å². The maximum absolute atomic E-state index is 12.9. The van der Waals surface area contributed by atoms with Gasteiger partial charge in [-0.05, 0) is 55.0 Å². The number of anilines is 3. The van der Waals surface area contributed by atoms with Crippen molar-refractivity contribution in [3.63, 3.8) is 0 Å². The van der Waals surface area contributed by atoms with Crippen LogP contribution in [0.2, 0.25) is 0 Å². The van der Waals surface area contributed by atoms with Crippen molar-refractivity contribution in [2.75, 3.05) is 4.90 Å². The Morgan fingerprint density at radius 1 is 0.939 bits per heavy atom. The number of para-hydroxylation sites is 2. The third-order valence-corrected chi connectivity index (χ3v) is 5.50. The average Bonchev–Trinajstić information content (AvgIpc) is 2.85. The minimum atomic E-state index is -0.377. The third-order valence-electron chi connectivity index (χ3n) is 5.50. The summed E-state index contributed by atoms with van der Waals surface area (Å²) in [7, 11) is 0. The fourth-order valence-corrected chi connectivity index (χ4v) is 3.82. The van der Waals surface area contributed by atoms with Crippen LogP contribution in [0.15, 0.2) is 89.7 Å². The lowest BCUT2D eigenvalue weighted by Gasteiger charge is -2.25.